The third-order valence-electron chi connectivity index (χ3n) is 1.58. The normalized spacial score (nSPS) is 10.2. The molecule has 1 aromatic heterocycles. The van der Waals surface area contributed by atoms with E-state index in [0.29, 0.717) is 16.8 Å². The van der Waals surface area contributed by atoms with Gasteiger partial charge in [0.1, 0.15) is 0 Å². The van der Waals surface area contributed by atoms with Gasteiger partial charge < -0.3 is 0 Å². The van der Waals surface area contributed by atoms with E-state index in [1.807, 2.05) is 0 Å². The van der Waals surface area contributed by atoms with Crippen molar-refractivity contribution in [1.29, 1.82) is 0 Å². The predicted molar refractivity (Wildman–Crippen MR) is 42.6 cm³/mol. The Balaban J connectivity index is 3.34. The van der Waals surface area contributed by atoms with Gasteiger partial charge in [-0.25, -0.2) is 4.68 Å². The van der Waals surface area contributed by atoms with E-state index in [4.69, 9.17) is 0 Å². The maximum Gasteiger partial charge on any atom is 0.219 e. The molecule has 3 heteroatoms. The minimum Gasteiger partial charge on any atom is -0.242 e. The van der Waals surface area contributed by atoms with Crippen LogP contribution in [0.5, 0.6) is 0 Å². The molecule has 1 aromatic rings. The van der Waals surface area contributed by atoms with Crippen LogP contribution in [-0.2, 0) is 7.05 Å². The fraction of sp³-hybridized carbons (Fsp3) is 0.375. The summed E-state index contributed by atoms with van der Waals surface area (Å²) in [6.07, 6.45) is 0. The van der Waals surface area contributed by atoms with Crippen molar-refractivity contribution in [1.82, 2.24) is 9.78 Å². The van der Waals surface area contributed by atoms with Gasteiger partial charge in [-0.3, -0.25) is 0 Å². The lowest BCUT2D eigenvalue weighted by atomic mass is 10.1. The molecule has 1 rings (SSSR count). The number of allylic oxidation sites excluding steroid dienone is 1. The fourth-order valence-electron chi connectivity index (χ4n) is 1.11. The van der Waals surface area contributed by atoms with Gasteiger partial charge in [-0.15, -0.1) is 0 Å². The molecule has 11 heavy (non-hydrogen) atoms. The summed E-state index contributed by atoms with van der Waals surface area (Å²) in [5.41, 5.74) is 1.94. The van der Waals surface area contributed by atoms with Gasteiger partial charge >= 0.3 is 0 Å². The number of hydrogen-bond acceptors (Lipinski definition) is 1. The van der Waals surface area contributed by atoms with Crippen LogP contribution in [0.2, 0.25) is 0 Å². The molecule has 2 nitrogen and oxygen atoms in total. The lowest BCUT2D eigenvalue weighted by Gasteiger charge is -1.94. The smallest absolute Gasteiger partial charge is 0.219 e. The lowest BCUT2D eigenvalue weighted by molar-refractivity contribution is 0.501. The van der Waals surface area contributed by atoms with Crippen LogP contribution in [-0.4, -0.2) is 9.78 Å². The van der Waals surface area contributed by atoms with Crippen LogP contribution in [0, 0.1) is 12.9 Å². The molecule has 0 unspecified atom stereocenters. The van der Waals surface area contributed by atoms with Gasteiger partial charge in [-0.05, 0) is 19.4 Å². The first kappa shape index (κ1) is 7.98. The van der Waals surface area contributed by atoms with Crippen molar-refractivity contribution >= 4 is 5.57 Å². The van der Waals surface area contributed by atoms with E-state index in [0.717, 1.165) is 0 Å². The SMILES string of the molecule is C=C(C)c1c(C)nn(C)c1F. The number of nitrogens with zero attached hydrogens (tertiary/aromatic N) is 2. The Bertz CT molecular complexity index is 299. The van der Waals surface area contributed by atoms with E-state index in [1.54, 1.807) is 20.9 Å². The van der Waals surface area contributed by atoms with E-state index in [9.17, 15) is 4.39 Å². The third kappa shape index (κ3) is 1.18. The Morgan fingerprint density at radius 3 is 2.36 bits per heavy atom. The Labute approximate surface area is 65.3 Å². The summed E-state index contributed by atoms with van der Waals surface area (Å²) in [7, 11) is 1.58. The number of halogens is 1. The molecule has 0 N–H and O–H groups in total. The molecule has 0 aliphatic heterocycles. The van der Waals surface area contributed by atoms with E-state index < -0.39 is 0 Å². The van der Waals surface area contributed by atoms with E-state index in [2.05, 4.69) is 11.7 Å². The molecule has 0 radical (unpaired) electrons. The third-order valence-corrected chi connectivity index (χ3v) is 1.58. The Hall–Kier alpha value is -1.12. The topological polar surface area (TPSA) is 17.8 Å². The molecule has 0 saturated heterocycles. The van der Waals surface area contributed by atoms with Crippen molar-refractivity contribution in [2.45, 2.75) is 13.8 Å². The van der Waals surface area contributed by atoms with Gasteiger partial charge in [0.05, 0.1) is 11.3 Å². The van der Waals surface area contributed by atoms with Crippen LogP contribution in [0.1, 0.15) is 18.2 Å². The maximum atomic E-state index is 13.1. The number of rotatable bonds is 1. The van der Waals surface area contributed by atoms with Crippen molar-refractivity contribution in [2.75, 3.05) is 0 Å². The Morgan fingerprint density at radius 2 is 2.18 bits per heavy atom. The fourth-order valence-corrected chi connectivity index (χ4v) is 1.11. The summed E-state index contributed by atoms with van der Waals surface area (Å²) in [5, 5.41) is 3.91. The van der Waals surface area contributed by atoms with Crippen LogP contribution >= 0.6 is 0 Å². The second kappa shape index (κ2) is 2.49. The monoisotopic (exact) mass is 154 g/mol. The quantitative estimate of drug-likeness (QED) is 0.604. The van der Waals surface area contributed by atoms with Gasteiger partial charge in [0.2, 0.25) is 5.95 Å². The van der Waals surface area contributed by atoms with Crippen LogP contribution in [0.3, 0.4) is 0 Å². The molecular weight excluding hydrogens is 143 g/mol. The maximum absolute atomic E-state index is 13.1. The lowest BCUT2D eigenvalue weighted by Crippen LogP contribution is -1.94. The first-order valence-electron chi connectivity index (χ1n) is 3.39. The van der Waals surface area contributed by atoms with Crippen molar-refractivity contribution in [3.63, 3.8) is 0 Å². The molecule has 60 valence electrons. The van der Waals surface area contributed by atoms with E-state index in [1.165, 1.54) is 4.68 Å². The summed E-state index contributed by atoms with van der Waals surface area (Å²) in [6, 6.07) is 0. The molecule has 1 heterocycles. The highest BCUT2D eigenvalue weighted by molar-refractivity contribution is 5.62. The molecule has 0 saturated carbocycles. The predicted octanol–water partition coefficient (Wildman–Crippen LogP) is 1.90. The van der Waals surface area contributed by atoms with Crippen molar-refractivity contribution in [3.05, 3.63) is 23.8 Å². The number of aryl methyl sites for hydroxylation is 2. The van der Waals surface area contributed by atoms with Crippen LogP contribution < -0.4 is 0 Å². The molecule has 0 aliphatic rings. The molecule has 0 fully saturated rings. The van der Waals surface area contributed by atoms with Gasteiger partial charge in [0.15, 0.2) is 0 Å². The van der Waals surface area contributed by atoms with Gasteiger partial charge in [0.25, 0.3) is 0 Å². The Morgan fingerprint density at radius 1 is 1.64 bits per heavy atom. The zero-order chi connectivity index (χ0) is 8.59. The molecular formula is C8H11FN2. The van der Waals surface area contributed by atoms with E-state index in [-0.39, 0.29) is 5.95 Å². The average molecular weight is 154 g/mol. The molecule has 0 aromatic carbocycles. The first-order chi connectivity index (χ1) is 5.04. The molecule has 0 spiro atoms. The zero-order valence-corrected chi connectivity index (χ0v) is 6.98. The number of aromatic nitrogens is 2. The number of hydrogen-bond donors (Lipinski definition) is 0. The second-order valence-electron chi connectivity index (χ2n) is 2.66. The summed E-state index contributed by atoms with van der Waals surface area (Å²) in [6.45, 7) is 7.21. The summed E-state index contributed by atoms with van der Waals surface area (Å²) in [4.78, 5) is 0. The van der Waals surface area contributed by atoms with E-state index >= 15 is 0 Å². The largest absolute Gasteiger partial charge is 0.242 e. The van der Waals surface area contributed by atoms with Gasteiger partial charge in [-0.1, -0.05) is 6.58 Å². The second-order valence-corrected chi connectivity index (χ2v) is 2.66. The van der Waals surface area contributed by atoms with Crippen molar-refractivity contribution < 1.29 is 4.39 Å². The molecule has 0 amide bonds. The minimum absolute atomic E-state index is 0.310. The summed E-state index contributed by atoms with van der Waals surface area (Å²) in [5.74, 6) is -0.310. The average Bonchev–Trinajstić information content (AvgIpc) is 2.07. The van der Waals surface area contributed by atoms with Crippen molar-refractivity contribution in [3.8, 4) is 0 Å². The minimum atomic E-state index is -0.310. The first-order valence-corrected chi connectivity index (χ1v) is 3.39. The van der Waals surface area contributed by atoms with Gasteiger partial charge in [-0.2, -0.15) is 9.49 Å². The Kier molecular flexibility index (Phi) is 1.81. The van der Waals surface area contributed by atoms with Crippen LogP contribution in [0.15, 0.2) is 6.58 Å². The molecule has 0 bridgehead atoms. The standard InChI is InChI=1S/C8H11FN2/c1-5(2)7-6(3)10-11(4)8(7)9/h1H2,2-4H3. The van der Waals surface area contributed by atoms with Crippen LogP contribution in [0.4, 0.5) is 4.39 Å². The van der Waals surface area contributed by atoms with Crippen molar-refractivity contribution in [2.24, 2.45) is 7.05 Å². The zero-order valence-electron chi connectivity index (χ0n) is 6.98. The molecule has 0 aliphatic carbocycles. The summed E-state index contributed by atoms with van der Waals surface area (Å²) >= 11 is 0. The van der Waals surface area contributed by atoms with Crippen LogP contribution in [0.25, 0.3) is 5.57 Å². The highest BCUT2D eigenvalue weighted by Crippen LogP contribution is 2.18. The molecule has 0 atom stereocenters. The highest BCUT2D eigenvalue weighted by atomic mass is 19.1. The highest BCUT2D eigenvalue weighted by Gasteiger charge is 2.12. The summed E-state index contributed by atoms with van der Waals surface area (Å²) < 4.78 is 14.3. The van der Waals surface area contributed by atoms with Gasteiger partial charge in [0, 0.05) is 7.05 Å².